The summed E-state index contributed by atoms with van der Waals surface area (Å²) in [6, 6.07) is 38.3. The first-order valence-electron chi connectivity index (χ1n) is 18.2. The van der Waals surface area contributed by atoms with Gasteiger partial charge in [0.2, 0.25) is 11.8 Å². The summed E-state index contributed by atoms with van der Waals surface area (Å²) in [7, 11) is 2.06. The third-order valence-corrected chi connectivity index (χ3v) is 9.38. The van der Waals surface area contributed by atoms with Crippen LogP contribution in [0.3, 0.4) is 0 Å². The lowest BCUT2D eigenvalue weighted by Gasteiger charge is -2.25. The maximum atomic E-state index is 13.3. The number of amides is 2. The van der Waals surface area contributed by atoms with Gasteiger partial charge in [0.1, 0.15) is 6.54 Å². The van der Waals surface area contributed by atoms with E-state index in [9.17, 15) is 9.59 Å². The fraction of sp³-hybridized carbons (Fsp3) is 0.333. The van der Waals surface area contributed by atoms with E-state index in [4.69, 9.17) is 10.8 Å². The molecule has 0 aliphatic carbocycles. The van der Waals surface area contributed by atoms with Crippen molar-refractivity contribution in [2.45, 2.75) is 38.1 Å². The highest BCUT2D eigenvalue weighted by atomic mass is 16.2. The van der Waals surface area contributed by atoms with E-state index in [-0.39, 0.29) is 30.9 Å². The molecule has 1 aliphatic heterocycles. The number of anilines is 2. The van der Waals surface area contributed by atoms with E-state index >= 15 is 0 Å². The normalized spacial score (nSPS) is 14.0. The smallest absolute Gasteiger partial charge is 0.244 e. The predicted octanol–water partition coefficient (Wildman–Crippen LogP) is 5.83. The number of nitrogens with zero attached hydrogens (tertiary/aromatic N) is 4. The van der Waals surface area contributed by atoms with Crippen LogP contribution in [0.25, 0.3) is 0 Å². The minimum Gasteiger partial charge on any atom is -0.353 e. The molecule has 52 heavy (non-hydrogen) atoms. The Balaban J connectivity index is 1.08. The van der Waals surface area contributed by atoms with Crippen LogP contribution in [0.2, 0.25) is 0 Å². The Morgan fingerprint density at radius 2 is 1.33 bits per heavy atom. The van der Waals surface area contributed by atoms with E-state index in [1.807, 2.05) is 35.2 Å². The van der Waals surface area contributed by atoms with Crippen LogP contribution in [0.1, 0.15) is 29.5 Å². The topological polar surface area (TPSA) is 119 Å². The summed E-state index contributed by atoms with van der Waals surface area (Å²) in [4.78, 5) is 34.1. The molecule has 10 heteroatoms. The molecular weight excluding hydrogens is 649 g/mol. The van der Waals surface area contributed by atoms with Crippen LogP contribution >= 0.6 is 0 Å². The number of hydrogen-bond donors (Lipinski definition) is 4. The lowest BCUT2D eigenvalue weighted by Crippen LogP contribution is -2.39. The van der Waals surface area contributed by atoms with Crippen molar-refractivity contribution < 1.29 is 9.59 Å². The fourth-order valence-electron chi connectivity index (χ4n) is 6.61. The van der Waals surface area contributed by atoms with Crippen LogP contribution < -0.4 is 10.6 Å². The van der Waals surface area contributed by atoms with Crippen molar-refractivity contribution in [1.29, 1.82) is 10.8 Å². The summed E-state index contributed by atoms with van der Waals surface area (Å²) in [6.07, 6.45) is 5.92. The molecule has 2 amide bonds. The summed E-state index contributed by atoms with van der Waals surface area (Å²) in [6.45, 7) is 3.70. The lowest BCUT2D eigenvalue weighted by atomic mass is 10.0. The number of rotatable bonds is 20. The molecule has 4 aromatic rings. The van der Waals surface area contributed by atoms with Gasteiger partial charge >= 0.3 is 0 Å². The SMILES string of the molecule is CN(CCCc1ccccc1)CCN(C=N)CC(=O)Nc1cccc(NC(=O)CN2CC(Cc3ccccc3)N(CCCc3ccccc3)C2=N)c1. The van der Waals surface area contributed by atoms with Crippen LogP contribution in [0.15, 0.2) is 115 Å². The first-order chi connectivity index (χ1) is 25.4. The molecule has 4 N–H and O–H groups in total. The molecule has 0 bridgehead atoms. The molecular formula is C42H52N8O2. The Kier molecular flexibility index (Phi) is 14.4. The van der Waals surface area contributed by atoms with E-state index in [0.717, 1.165) is 51.7 Å². The van der Waals surface area contributed by atoms with Crippen molar-refractivity contribution in [3.63, 3.8) is 0 Å². The average molecular weight is 701 g/mol. The number of guanidine groups is 1. The van der Waals surface area contributed by atoms with E-state index in [2.05, 4.69) is 88.1 Å². The molecule has 0 spiro atoms. The first kappa shape index (κ1) is 37.8. The third-order valence-electron chi connectivity index (χ3n) is 9.38. The lowest BCUT2D eigenvalue weighted by molar-refractivity contribution is -0.117. The molecule has 1 atom stereocenters. The van der Waals surface area contributed by atoms with Crippen LogP contribution in [0, 0.1) is 10.8 Å². The van der Waals surface area contributed by atoms with Gasteiger partial charge in [-0.15, -0.1) is 0 Å². The number of carbonyl (C=O) groups excluding carboxylic acids is 2. The van der Waals surface area contributed by atoms with Gasteiger partial charge in [0, 0.05) is 37.6 Å². The molecule has 1 saturated heterocycles. The Bertz CT molecular complexity index is 1720. The second kappa shape index (κ2) is 19.8. The number of benzene rings is 4. The van der Waals surface area contributed by atoms with Gasteiger partial charge in [-0.05, 0) is 80.6 Å². The zero-order valence-electron chi connectivity index (χ0n) is 30.2. The molecule has 5 rings (SSSR count). The number of likely N-dealkylation sites (N-methyl/N-ethyl adjacent to an activating group) is 1. The summed E-state index contributed by atoms with van der Waals surface area (Å²) in [5.41, 5.74) is 4.95. The molecule has 272 valence electrons. The summed E-state index contributed by atoms with van der Waals surface area (Å²) in [5, 5.41) is 22.7. The molecule has 0 radical (unpaired) electrons. The largest absolute Gasteiger partial charge is 0.353 e. The highest BCUT2D eigenvalue weighted by Crippen LogP contribution is 2.21. The van der Waals surface area contributed by atoms with Gasteiger partial charge in [0.05, 0.1) is 18.9 Å². The van der Waals surface area contributed by atoms with Gasteiger partial charge in [-0.3, -0.25) is 20.4 Å². The Labute approximate surface area is 308 Å². The zero-order valence-corrected chi connectivity index (χ0v) is 30.2. The highest BCUT2D eigenvalue weighted by Gasteiger charge is 2.35. The van der Waals surface area contributed by atoms with E-state index < -0.39 is 0 Å². The number of aryl methyl sites for hydroxylation is 2. The average Bonchev–Trinajstić information content (AvgIpc) is 3.43. The van der Waals surface area contributed by atoms with Crippen molar-refractivity contribution in [2.75, 3.05) is 63.5 Å². The monoisotopic (exact) mass is 700 g/mol. The molecule has 1 heterocycles. The number of hydrogen-bond acceptors (Lipinski definition) is 5. The number of carbonyl (C=O) groups is 2. The zero-order chi connectivity index (χ0) is 36.5. The van der Waals surface area contributed by atoms with Gasteiger partial charge < -0.3 is 30.2 Å². The standard InChI is InChI=1S/C42H52N8O2/c1-47(24-12-20-34-14-5-2-6-15-34)26-27-48(33-43)31-40(51)45-37-22-11-23-38(29-37)46-41(52)32-49-30-39(28-36-18-9-4-10-19-36)50(42(49)44)25-13-21-35-16-7-3-8-17-35/h2-11,14-19,22-23,29,33,39,43-44H,12-13,20-21,24-28,30-32H2,1H3,(H,45,51)(H,46,52). The maximum absolute atomic E-state index is 13.3. The van der Waals surface area contributed by atoms with E-state index in [1.54, 1.807) is 29.2 Å². The fourth-order valence-corrected chi connectivity index (χ4v) is 6.61. The molecule has 1 aliphatic rings. The Morgan fingerprint density at radius 1 is 0.750 bits per heavy atom. The summed E-state index contributed by atoms with van der Waals surface area (Å²) in [5.74, 6) is -0.0824. The molecule has 0 aromatic heterocycles. The molecule has 1 fully saturated rings. The Hall–Kier alpha value is -5.48. The van der Waals surface area contributed by atoms with Crippen LogP contribution in [0.4, 0.5) is 11.4 Å². The van der Waals surface area contributed by atoms with Gasteiger partial charge in [-0.1, -0.05) is 97.1 Å². The molecule has 0 saturated carbocycles. The predicted molar refractivity (Wildman–Crippen MR) is 211 cm³/mol. The van der Waals surface area contributed by atoms with Gasteiger partial charge in [0.25, 0.3) is 0 Å². The minimum atomic E-state index is -0.235. The van der Waals surface area contributed by atoms with Crippen molar-refractivity contribution in [2.24, 2.45) is 0 Å². The summed E-state index contributed by atoms with van der Waals surface area (Å²) < 4.78 is 0. The van der Waals surface area contributed by atoms with Crippen molar-refractivity contribution >= 4 is 35.5 Å². The van der Waals surface area contributed by atoms with Crippen LogP contribution in [-0.4, -0.2) is 103 Å². The van der Waals surface area contributed by atoms with E-state index in [0.29, 0.717) is 30.4 Å². The summed E-state index contributed by atoms with van der Waals surface area (Å²) >= 11 is 0. The van der Waals surface area contributed by atoms with Crippen LogP contribution in [0.5, 0.6) is 0 Å². The van der Waals surface area contributed by atoms with Gasteiger partial charge in [-0.25, -0.2) is 0 Å². The van der Waals surface area contributed by atoms with Gasteiger partial charge in [0.15, 0.2) is 5.96 Å². The third kappa shape index (κ3) is 12.1. The van der Waals surface area contributed by atoms with E-state index in [1.165, 1.54) is 23.0 Å². The highest BCUT2D eigenvalue weighted by molar-refractivity contribution is 5.97. The number of nitrogens with one attached hydrogen (secondary N) is 4. The second-order valence-electron chi connectivity index (χ2n) is 13.5. The van der Waals surface area contributed by atoms with Crippen molar-refractivity contribution in [3.8, 4) is 0 Å². The molecule has 1 unspecified atom stereocenters. The minimum absolute atomic E-state index is 0.0566. The van der Waals surface area contributed by atoms with Gasteiger partial charge in [-0.2, -0.15) is 0 Å². The molecule has 10 nitrogen and oxygen atoms in total. The first-order valence-corrected chi connectivity index (χ1v) is 18.2. The Morgan fingerprint density at radius 3 is 1.94 bits per heavy atom. The van der Waals surface area contributed by atoms with Crippen LogP contribution in [-0.2, 0) is 28.9 Å². The second-order valence-corrected chi connectivity index (χ2v) is 13.5. The molecule has 4 aromatic carbocycles. The quantitative estimate of drug-likeness (QED) is 0.0681. The van der Waals surface area contributed by atoms with Crippen molar-refractivity contribution in [1.82, 2.24) is 19.6 Å². The maximum Gasteiger partial charge on any atom is 0.244 e. The van der Waals surface area contributed by atoms with Crippen molar-refractivity contribution in [3.05, 3.63) is 132 Å².